The van der Waals surface area contributed by atoms with Gasteiger partial charge in [0, 0.05) is 34.7 Å². The first-order chi connectivity index (χ1) is 12.3. The molecule has 4 aromatic rings. The van der Waals surface area contributed by atoms with Crippen molar-refractivity contribution in [2.45, 2.75) is 6.54 Å². The van der Waals surface area contributed by atoms with Crippen molar-refractivity contribution in [3.05, 3.63) is 77.7 Å². The fourth-order valence-electron chi connectivity index (χ4n) is 2.72. The molecule has 0 atom stereocenters. The monoisotopic (exact) mass is 349 g/mol. The molecule has 0 fully saturated rings. The molecule has 0 saturated heterocycles. The van der Waals surface area contributed by atoms with E-state index in [1.54, 1.807) is 6.33 Å². The molecule has 0 saturated carbocycles. The van der Waals surface area contributed by atoms with Crippen LogP contribution in [0.1, 0.15) is 5.56 Å². The van der Waals surface area contributed by atoms with Crippen LogP contribution in [0, 0.1) is 0 Å². The number of halogens is 1. The number of aromatic nitrogens is 3. The molecule has 5 nitrogen and oxygen atoms in total. The molecule has 25 heavy (non-hydrogen) atoms. The predicted molar refractivity (Wildman–Crippen MR) is 102 cm³/mol. The molecule has 124 valence electrons. The number of nitrogens with one attached hydrogen (secondary N) is 3. The Balaban J connectivity index is 1.64. The predicted octanol–water partition coefficient (Wildman–Crippen LogP) is 4.97. The van der Waals surface area contributed by atoms with Gasteiger partial charge in [-0.2, -0.15) is 0 Å². The maximum absolute atomic E-state index is 6.07. The molecule has 2 aromatic carbocycles. The number of hydrogen-bond acceptors (Lipinski definition) is 4. The minimum Gasteiger partial charge on any atom is -0.381 e. The summed E-state index contributed by atoms with van der Waals surface area (Å²) in [6, 6.07) is 17.6. The number of aromatic amines is 1. The summed E-state index contributed by atoms with van der Waals surface area (Å²) >= 11 is 6.07. The van der Waals surface area contributed by atoms with Crippen molar-refractivity contribution in [3.8, 4) is 0 Å². The van der Waals surface area contributed by atoms with Crippen LogP contribution in [0.3, 0.4) is 0 Å². The van der Waals surface area contributed by atoms with E-state index in [4.69, 9.17) is 11.6 Å². The topological polar surface area (TPSA) is 65.6 Å². The van der Waals surface area contributed by atoms with E-state index in [2.05, 4.69) is 25.6 Å². The summed E-state index contributed by atoms with van der Waals surface area (Å²) in [5, 5.41) is 8.38. The van der Waals surface area contributed by atoms with Crippen LogP contribution in [0.15, 0.2) is 67.1 Å². The second kappa shape index (κ2) is 6.83. The highest BCUT2D eigenvalue weighted by Crippen LogP contribution is 2.27. The van der Waals surface area contributed by atoms with E-state index in [-0.39, 0.29) is 0 Å². The zero-order valence-corrected chi connectivity index (χ0v) is 14.1. The van der Waals surface area contributed by atoms with Crippen molar-refractivity contribution in [1.82, 2.24) is 15.0 Å². The first-order valence-corrected chi connectivity index (χ1v) is 8.30. The minimum atomic E-state index is 0.668. The number of fused-ring (bicyclic) bond motifs is 1. The molecule has 0 amide bonds. The maximum Gasteiger partial charge on any atom is 0.143 e. The summed E-state index contributed by atoms with van der Waals surface area (Å²) in [6.07, 6.45) is 3.50. The number of anilines is 3. The lowest BCUT2D eigenvalue weighted by molar-refractivity contribution is 1.16. The van der Waals surface area contributed by atoms with Crippen molar-refractivity contribution in [1.29, 1.82) is 0 Å². The number of H-pyrrole nitrogens is 1. The van der Waals surface area contributed by atoms with Crippen molar-refractivity contribution in [2.75, 3.05) is 10.6 Å². The molecule has 0 aliphatic heterocycles. The number of hydrogen-bond donors (Lipinski definition) is 3. The van der Waals surface area contributed by atoms with Crippen molar-refractivity contribution in [2.24, 2.45) is 0 Å². The standard InChI is InChI=1S/C19H16ClN5/c20-14-5-4-8-16(9-14)25-19-17-13(11-22-18(17)23-12-24-19)10-21-15-6-2-1-3-7-15/h1-9,11-12,21H,10H2,(H2,22,23,24,25). The Labute approximate surface area is 150 Å². The van der Waals surface area contributed by atoms with Crippen LogP contribution in [0.4, 0.5) is 17.2 Å². The van der Waals surface area contributed by atoms with Gasteiger partial charge in [-0.05, 0) is 30.3 Å². The molecular weight excluding hydrogens is 334 g/mol. The summed E-state index contributed by atoms with van der Waals surface area (Å²) < 4.78 is 0. The number of nitrogens with zero attached hydrogens (tertiary/aromatic N) is 2. The van der Waals surface area contributed by atoms with Crippen LogP contribution in [0.5, 0.6) is 0 Å². The smallest absolute Gasteiger partial charge is 0.143 e. The van der Waals surface area contributed by atoms with Gasteiger partial charge in [-0.1, -0.05) is 35.9 Å². The molecule has 6 heteroatoms. The second-order valence-electron chi connectivity index (χ2n) is 5.61. The van der Waals surface area contributed by atoms with Crippen molar-refractivity contribution >= 4 is 39.8 Å². The van der Waals surface area contributed by atoms with E-state index in [0.29, 0.717) is 11.6 Å². The Morgan fingerprint density at radius 2 is 1.80 bits per heavy atom. The Morgan fingerprint density at radius 1 is 0.960 bits per heavy atom. The highest BCUT2D eigenvalue weighted by atomic mass is 35.5. The summed E-state index contributed by atoms with van der Waals surface area (Å²) in [7, 11) is 0. The molecule has 0 spiro atoms. The first kappa shape index (κ1) is 15.5. The van der Waals surface area contributed by atoms with Gasteiger partial charge in [0.15, 0.2) is 0 Å². The molecule has 3 N–H and O–H groups in total. The lowest BCUT2D eigenvalue weighted by Crippen LogP contribution is -2.01. The van der Waals surface area contributed by atoms with E-state index in [9.17, 15) is 0 Å². The lowest BCUT2D eigenvalue weighted by Gasteiger charge is -2.09. The van der Waals surface area contributed by atoms with Gasteiger partial charge in [0.1, 0.15) is 17.8 Å². The largest absolute Gasteiger partial charge is 0.381 e. The third-order valence-corrected chi connectivity index (χ3v) is 4.13. The number of benzene rings is 2. The second-order valence-corrected chi connectivity index (χ2v) is 6.05. The molecule has 0 unspecified atom stereocenters. The summed E-state index contributed by atoms with van der Waals surface area (Å²) in [6.45, 7) is 0.668. The molecule has 0 aliphatic rings. The van der Waals surface area contributed by atoms with Crippen molar-refractivity contribution < 1.29 is 0 Å². The number of para-hydroxylation sites is 1. The minimum absolute atomic E-state index is 0.668. The Kier molecular flexibility index (Phi) is 4.23. The van der Waals surface area contributed by atoms with E-state index >= 15 is 0 Å². The van der Waals surface area contributed by atoms with Crippen LogP contribution in [-0.2, 0) is 6.54 Å². The Hall–Kier alpha value is -3.05. The van der Waals surface area contributed by atoms with Gasteiger partial charge in [-0.15, -0.1) is 0 Å². The molecular formula is C19H16ClN5. The highest BCUT2D eigenvalue weighted by molar-refractivity contribution is 6.30. The van der Waals surface area contributed by atoms with Crippen LogP contribution in [-0.4, -0.2) is 15.0 Å². The third-order valence-electron chi connectivity index (χ3n) is 3.90. The van der Waals surface area contributed by atoms with Gasteiger partial charge in [0.05, 0.1) is 5.39 Å². The Morgan fingerprint density at radius 3 is 2.64 bits per heavy atom. The summed E-state index contributed by atoms with van der Waals surface area (Å²) in [5.41, 5.74) is 3.84. The highest BCUT2D eigenvalue weighted by Gasteiger charge is 2.11. The van der Waals surface area contributed by atoms with E-state index in [1.807, 2.05) is 60.8 Å². The first-order valence-electron chi connectivity index (χ1n) is 7.92. The fraction of sp³-hybridized carbons (Fsp3) is 0.0526. The lowest BCUT2D eigenvalue weighted by atomic mass is 10.2. The number of rotatable bonds is 5. The van der Waals surface area contributed by atoms with Crippen LogP contribution in [0.2, 0.25) is 5.02 Å². The summed E-state index contributed by atoms with van der Waals surface area (Å²) in [5.74, 6) is 0.748. The average molecular weight is 350 g/mol. The molecule has 2 heterocycles. The van der Waals surface area contributed by atoms with Gasteiger partial charge >= 0.3 is 0 Å². The van der Waals surface area contributed by atoms with Crippen LogP contribution in [0.25, 0.3) is 11.0 Å². The van der Waals surface area contributed by atoms with Gasteiger partial charge in [0.25, 0.3) is 0 Å². The normalized spacial score (nSPS) is 10.8. The maximum atomic E-state index is 6.07. The molecule has 2 aromatic heterocycles. The van der Waals surface area contributed by atoms with E-state index < -0.39 is 0 Å². The van der Waals surface area contributed by atoms with Crippen molar-refractivity contribution in [3.63, 3.8) is 0 Å². The molecule has 0 bridgehead atoms. The molecule has 0 radical (unpaired) electrons. The van der Waals surface area contributed by atoms with Crippen LogP contribution < -0.4 is 10.6 Å². The zero-order valence-electron chi connectivity index (χ0n) is 13.3. The van der Waals surface area contributed by atoms with Crippen LogP contribution >= 0.6 is 11.6 Å². The molecule has 4 rings (SSSR count). The SMILES string of the molecule is Clc1cccc(Nc2ncnc3[nH]cc(CNc4ccccc4)c23)c1. The van der Waals surface area contributed by atoms with Gasteiger partial charge in [0.2, 0.25) is 0 Å². The average Bonchev–Trinajstić information content (AvgIpc) is 3.05. The van der Waals surface area contributed by atoms with Gasteiger partial charge < -0.3 is 15.6 Å². The Bertz CT molecular complexity index is 997. The zero-order chi connectivity index (χ0) is 17.1. The van der Waals surface area contributed by atoms with Gasteiger partial charge in [-0.3, -0.25) is 0 Å². The fourth-order valence-corrected chi connectivity index (χ4v) is 2.91. The van der Waals surface area contributed by atoms with Gasteiger partial charge in [-0.25, -0.2) is 9.97 Å². The quantitative estimate of drug-likeness (QED) is 0.476. The molecule has 0 aliphatic carbocycles. The third kappa shape index (κ3) is 3.41. The summed E-state index contributed by atoms with van der Waals surface area (Å²) in [4.78, 5) is 11.9. The van der Waals surface area contributed by atoms with E-state index in [0.717, 1.165) is 33.8 Å². The van der Waals surface area contributed by atoms with E-state index in [1.165, 1.54) is 0 Å².